The van der Waals surface area contributed by atoms with Crippen molar-refractivity contribution in [2.75, 3.05) is 0 Å². The quantitative estimate of drug-likeness (QED) is 0.560. The molecule has 150 valence electrons. The number of alkyl carbamates (subject to hydrolysis) is 1. The summed E-state index contributed by atoms with van der Waals surface area (Å²) in [5.74, 6) is -0.161. The lowest BCUT2D eigenvalue weighted by Gasteiger charge is -2.22. The van der Waals surface area contributed by atoms with Crippen LogP contribution in [0.4, 0.5) is 4.79 Å². The number of aromatic nitrogens is 1. The van der Waals surface area contributed by atoms with Gasteiger partial charge < -0.3 is 10.1 Å². The molecular formula is C23H23ClN2O3. The summed E-state index contributed by atoms with van der Waals surface area (Å²) < 4.78 is 5.28. The average molecular weight is 411 g/mol. The first-order valence-electron chi connectivity index (χ1n) is 9.32. The first-order valence-corrected chi connectivity index (χ1v) is 9.70. The molecule has 3 aromatic rings. The molecule has 1 atom stereocenters. The van der Waals surface area contributed by atoms with E-state index in [9.17, 15) is 9.59 Å². The summed E-state index contributed by atoms with van der Waals surface area (Å²) in [6.45, 7) is 7.24. The Morgan fingerprint density at radius 2 is 1.86 bits per heavy atom. The third-order valence-electron chi connectivity index (χ3n) is 4.40. The minimum atomic E-state index is -0.578. The molecule has 5 nitrogen and oxygen atoms in total. The van der Waals surface area contributed by atoms with Gasteiger partial charge in [0.1, 0.15) is 5.60 Å². The Morgan fingerprint density at radius 3 is 2.55 bits per heavy atom. The number of nitrogens with one attached hydrogen (secondary N) is 1. The van der Waals surface area contributed by atoms with Crippen LogP contribution in [-0.4, -0.2) is 22.5 Å². The second kappa shape index (κ2) is 8.21. The molecule has 0 saturated heterocycles. The molecule has 1 heterocycles. The fourth-order valence-electron chi connectivity index (χ4n) is 3.02. The summed E-state index contributed by atoms with van der Waals surface area (Å²) in [6.07, 6.45) is 2.87. The Bertz CT molecular complexity index is 1070. The van der Waals surface area contributed by atoms with Gasteiger partial charge in [-0.2, -0.15) is 0 Å². The fraction of sp³-hybridized carbons (Fsp3) is 0.261. The van der Waals surface area contributed by atoms with Crippen molar-refractivity contribution < 1.29 is 14.3 Å². The Balaban J connectivity index is 1.84. The van der Waals surface area contributed by atoms with E-state index >= 15 is 0 Å². The molecule has 0 fully saturated rings. The van der Waals surface area contributed by atoms with Crippen LogP contribution in [-0.2, 0) is 4.74 Å². The van der Waals surface area contributed by atoms with Crippen molar-refractivity contribution in [1.29, 1.82) is 0 Å². The van der Waals surface area contributed by atoms with Gasteiger partial charge >= 0.3 is 6.09 Å². The van der Waals surface area contributed by atoms with E-state index in [1.807, 2.05) is 25.1 Å². The fourth-order valence-corrected chi connectivity index (χ4v) is 3.29. The minimum Gasteiger partial charge on any atom is -0.444 e. The van der Waals surface area contributed by atoms with E-state index in [1.165, 1.54) is 0 Å². The molecule has 1 aromatic heterocycles. The molecule has 0 spiro atoms. The number of carbonyl (C=O) groups excluding carboxylic acids is 2. The Hall–Kier alpha value is -2.92. The van der Waals surface area contributed by atoms with Crippen molar-refractivity contribution in [2.24, 2.45) is 0 Å². The highest BCUT2D eigenvalue weighted by molar-refractivity contribution is 6.35. The lowest BCUT2D eigenvalue weighted by atomic mass is 9.96. The van der Waals surface area contributed by atoms with Gasteiger partial charge in [0.2, 0.25) is 0 Å². The monoisotopic (exact) mass is 410 g/mol. The Kier molecular flexibility index (Phi) is 5.89. The molecule has 0 aliphatic rings. The van der Waals surface area contributed by atoms with Crippen LogP contribution in [0.1, 0.15) is 55.2 Å². The van der Waals surface area contributed by atoms with Gasteiger partial charge in [-0.1, -0.05) is 35.9 Å². The first-order chi connectivity index (χ1) is 13.7. The number of benzene rings is 2. The van der Waals surface area contributed by atoms with Crippen molar-refractivity contribution in [1.82, 2.24) is 10.3 Å². The van der Waals surface area contributed by atoms with Gasteiger partial charge in [0.05, 0.1) is 11.1 Å². The standard InChI is InChI=1S/C23H23ClN2O3/c1-14(26-22(28)29-23(2,3)4)15-8-9-19(20(24)12-15)21(27)18-7-5-6-16-13-25-11-10-17(16)18/h5-14H,1-4H3,(H,26,28). The van der Waals surface area contributed by atoms with Gasteiger partial charge in [-0.15, -0.1) is 0 Å². The maximum absolute atomic E-state index is 13.1. The Morgan fingerprint density at radius 1 is 1.10 bits per heavy atom. The zero-order chi connectivity index (χ0) is 21.2. The number of ether oxygens (including phenoxy) is 1. The number of amides is 1. The van der Waals surface area contributed by atoms with Gasteiger partial charge in [0.15, 0.2) is 5.78 Å². The summed E-state index contributed by atoms with van der Waals surface area (Å²) in [5, 5.41) is 4.82. The average Bonchev–Trinajstić information content (AvgIpc) is 2.65. The summed E-state index contributed by atoms with van der Waals surface area (Å²) in [4.78, 5) is 29.2. The van der Waals surface area contributed by atoms with E-state index in [-0.39, 0.29) is 11.8 Å². The normalized spacial score (nSPS) is 12.4. The summed E-state index contributed by atoms with van der Waals surface area (Å²) in [7, 11) is 0. The molecule has 0 aliphatic heterocycles. The molecule has 0 saturated carbocycles. The third-order valence-corrected chi connectivity index (χ3v) is 4.71. The highest BCUT2D eigenvalue weighted by Crippen LogP contribution is 2.27. The molecule has 3 rings (SSSR count). The number of hydrogen-bond acceptors (Lipinski definition) is 4. The van der Waals surface area contributed by atoms with Gasteiger partial charge in [0.25, 0.3) is 0 Å². The first kappa shape index (κ1) is 20.8. The molecule has 0 aliphatic carbocycles. The summed E-state index contributed by atoms with van der Waals surface area (Å²) in [6, 6.07) is 12.2. The van der Waals surface area contributed by atoms with Crippen molar-refractivity contribution >= 4 is 34.2 Å². The topological polar surface area (TPSA) is 68.3 Å². The highest BCUT2D eigenvalue weighted by atomic mass is 35.5. The molecular weight excluding hydrogens is 388 g/mol. The maximum Gasteiger partial charge on any atom is 0.408 e. The lowest BCUT2D eigenvalue weighted by molar-refractivity contribution is 0.0507. The lowest BCUT2D eigenvalue weighted by Crippen LogP contribution is -2.34. The molecule has 1 N–H and O–H groups in total. The van der Waals surface area contributed by atoms with Gasteiger partial charge in [0, 0.05) is 28.9 Å². The maximum atomic E-state index is 13.1. The predicted molar refractivity (Wildman–Crippen MR) is 114 cm³/mol. The predicted octanol–water partition coefficient (Wildman–Crippen LogP) is 5.70. The Labute approximate surface area is 175 Å². The molecule has 1 unspecified atom stereocenters. The van der Waals surface area contributed by atoms with Gasteiger partial charge in [-0.05, 0) is 56.8 Å². The SMILES string of the molecule is CC(NC(=O)OC(C)(C)C)c1ccc(C(=O)c2cccc3cnccc23)c(Cl)c1. The van der Waals surface area contributed by atoms with Crippen LogP contribution in [0, 0.1) is 0 Å². The molecule has 29 heavy (non-hydrogen) atoms. The zero-order valence-corrected chi connectivity index (χ0v) is 17.6. The van der Waals surface area contributed by atoms with Crippen molar-refractivity contribution in [3.05, 3.63) is 76.6 Å². The molecule has 0 bridgehead atoms. The minimum absolute atomic E-state index is 0.161. The van der Waals surface area contributed by atoms with Crippen LogP contribution in [0.3, 0.4) is 0 Å². The summed E-state index contributed by atoms with van der Waals surface area (Å²) >= 11 is 6.44. The molecule has 0 radical (unpaired) electrons. The molecule has 2 aromatic carbocycles. The number of fused-ring (bicyclic) bond motifs is 1. The van der Waals surface area contributed by atoms with Crippen LogP contribution in [0.15, 0.2) is 54.9 Å². The second-order valence-electron chi connectivity index (χ2n) is 7.84. The number of carbonyl (C=O) groups is 2. The van der Waals surface area contributed by atoms with Crippen molar-refractivity contribution in [3.63, 3.8) is 0 Å². The van der Waals surface area contributed by atoms with E-state index in [2.05, 4.69) is 10.3 Å². The highest BCUT2D eigenvalue weighted by Gasteiger charge is 2.20. The van der Waals surface area contributed by atoms with Crippen molar-refractivity contribution in [2.45, 2.75) is 39.3 Å². The van der Waals surface area contributed by atoms with E-state index in [4.69, 9.17) is 16.3 Å². The van der Waals surface area contributed by atoms with E-state index < -0.39 is 11.7 Å². The number of nitrogens with zero attached hydrogens (tertiary/aromatic N) is 1. The third kappa shape index (κ3) is 4.93. The van der Waals surface area contributed by atoms with Gasteiger partial charge in [-0.3, -0.25) is 9.78 Å². The van der Waals surface area contributed by atoms with Gasteiger partial charge in [-0.25, -0.2) is 4.79 Å². The number of ketones is 1. The van der Waals surface area contributed by atoms with Crippen LogP contribution < -0.4 is 5.32 Å². The largest absolute Gasteiger partial charge is 0.444 e. The number of rotatable bonds is 4. The van der Waals surface area contributed by atoms with E-state index in [1.54, 1.807) is 57.4 Å². The second-order valence-corrected chi connectivity index (χ2v) is 8.25. The van der Waals surface area contributed by atoms with E-state index in [0.717, 1.165) is 16.3 Å². The van der Waals surface area contributed by atoms with Crippen LogP contribution in [0.5, 0.6) is 0 Å². The zero-order valence-electron chi connectivity index (χ0n) is 16.8. The van der Waals surface area contributed by atoms with Crippen LogP contribution in [0.25, 0.3) is 10.8 Å². The van der Waals surface area contributed by atoms with E-state index in [0.29, 0.717) is 16.1 Å². The van der Waals surface area contributed by atoms with Crippen molar-refractivity contribution in [3.8, 4) is 0 Å². The number of hydrogen-bond donors (Lipinski definition) is 1. The number of halogens is 1. The number of pyridine rings is 1. The van der Waals surface area contributed by atoms with Crippen LogP contribution in [0.2, 0.25) is 5.02 Å². The van der Waals surface area contributed by atoms with Crippen LogP contribution >= 0.6 is 11.6 Å². The summed E-state index contributed by atoms with van der Waals surface area (Å²) in [5.41, 5.74) is 1.18. The molecule has 6 heteroatoms. The smallest absolute Gasteiger partial charge is 0.408 e. The molecule has 1 amide bonds.